The number of aromatic nitrogens is 6. The van der Waals surface area contributed by atoms with E-state index in [1.165, 1.54) is 35.3 Å². The zero-order valence-electron chi connectivity index (χ0n) is 17.5. The number of nitrogens with one attached hydrogen (secondary N) is 2. The molecule has 0 unspecified atom stereocenters. The molecule has 0 fully saturated rings. The summed E-state index contributed by atoms with van der Waals surface area (Å²) in [5.41, 5.74) is 1.28. The maximum absolute atomic E-state index is 13.8. The van der Waals surface area contributed by atoms with Crippen LogP contribution in [-0.4, -0.2) is 35.6 Å². The van der Waals surface area contributed by atoms with E-state index in [0.29, 0.717) is 29.7 Å². The average Bonchev–Trinajstić information content (AvgIpc) is 3.40. The van der Waals surface area contributed by atoms with Gasteiger partial charge in [-0.2, -0.15) is 10.2 Å². The van der Waals surface area contributed by atoms with E-state index in [9.17, 15) is 13.6 Å². The number of carbonyl (C=O) groups is 1. The second-order valence-electron chi connectivity index (χ2n) is 7.08. The van der Waals surface area contributed by atoms with Crippen LogP contribution in [0.4, 0.5) is 13.6 Å². The zero-order valence-corrected chi connectivity index (χ0v) is 18.2. The molecule has 0 aliphatic carbocycles. The normalized spacial score (nSPS) is 10.9. The summed E-state index contributed by atoms with van der Waals surface area (Å²) in [7, 11) is 0. The third-order valence-electron chi connectivity index (χ3n) is 4.68. The number of aryl methyl sites for hydroxylation is 1. The molecule has 12 heteroatoms. The third-order valence-corrected chi connectivity index (χ3v) is 4.99. The third kappa shape index (κ3) is 5.50. The van der Waals surface area contributed by atoms with E-state index >= 15 is 0 Å². The number of rotatable bonds is 7. The molecule has 2 heterocycles. The van der Waals surface area contributed by atoms with Crippen LogP contribution in [0.1, 0.15) is 23.0 Å². The van der Waals surface area contributed by atoms with Crippen LogP contribution < -0.4 is 10.6 Å². The summed E-state index contributed by atoms with van der Waals surface area (Å²) < 4.78 is 30.0. The van der Waals surface area contributed by atoms with Crippen LogP contribution >= 0.6 is 11.6 Å². The molecule has 4 aromatic rings. The number of hydrogen-bond donors (Lipinski definition) is 2. The molecule has 9 nitrogen and oxygen atoms in total. The van der Waals surface area contributed by atoms with Crippen LogP contribution in [0.3, 0.4) is 0 Å². The number of urea groups is 1. The number of nitrogens with zero attached hydrogens (tertiary/aromatic N) is 6. The Bertz CT molecular complexity index is 1270. The SMILES string of the molecule is Cc1nc(CNC(=O)NCc2ncnn2Cc2ccc(F)cc2)n(-c2ccc(Cl)c(F)c2)n1. The van der Waals surface area contributed by atoms with Gasteiger partial charge in [-0.15, -0.1) is 0 Å². The molecule has 0 atom stereocenters. The molecule has 0 radical (unpaired) electrons. The van der Waals surface area contributed by atoms with Gasteiger partial charge >= 0.3 is 6.03 Å². The lowest BCUT2D eigenvalue weighted by molar-refractivity contribution is 0.239. The van der Waals surface area contributed by atoms with Crippen molar-refractivity contribution in [1.82, 2.24) is 40.2 Å². The van der Waals surface area contributed by atoms with Gasteiger partial charge in [-0.1, -0.05) is 23.7 Å². The highest BCUT2D eigenvalue weighted by molar-refractivity contribution is 6.30. The standard InChI is InChI=1S/C21H19ClF2N8O/c1-13-29-20(32(30-13)16-6-7-17(22)18(24)8-16)10-26-21(33)25-9-19-27-12-28-31(19)11-14-2-4-15(23)5-3-14/h2-8,12H,9-11H2,1H3,(H2,25,26,33). The first-order chi connectivity index (χ1) is 15.9. The molecule has 2 amide bonds. The van der Waals surface area contributed by atoms with Crippen LogP contribution in [0.15, 0.2) is 48.8 Å². The Morgan fingerprint density at radius 1 is 1.06 bits per heavy atom. The maximum Gasteiger partial charge on any atom is 0.315 e. The molecule has 2 N–H and O–H groups in total. The van der Waals surface area contributed by atoms with Crippen LogP contribution in [0.5, 0.6) is 0 Å². The fraction of sp³-hybridized carbons (Fsp3) is 0.190. The molecular formula is C21H19ClF2N8O. The molecule has 0 aliphatic rings. The highest BCUT2D eigenvalue weighted by Gasteiger charge is 2.13. The quantitative estimate of drug-likeness (QED) is 0.430. The first-order valence-electron chi connectivity index (χ1n) is 9.90. The minimum atomic E-state index is -0.580. The van der Waals surface area contributed by atoms with Gasteiger partial charge in [0.05, 0.1) is 30.3 Å². The van der Waals surface area contributed by atoms with E-state index < -0.39 is 11.8 Å². The van der Waals surface area contributed by atoms with Gasteiger partial charge in [-0.05, 0) is 36.8 Å². The largest absolute Gasteiger partial charge is 0.331 e. The Kier molecular flexibility index (Phi) is 6.59. The fourth-order valence-corrected chi connectivity index (χ4v) is 3.22. The molecule has 0 bridgehead atoms. The number of carbonyl (C=O) groups excluding carboxylic acids is 1. The van der Waals surface area contributed by atoms with Gasteiger partial charge in [0.2, 0.25) is 0 Å². The molecule has 0 spiro atoms. The number of hydrogen-bond acceptors (Lipinski definition) is 5. The molecule has 170 valence electrons. The predicted molar refractivity (Wildman–Crippen MR) is 116 cm³/mol. The van der Waals surface area contributed by atoms with Gasteiger partial charge in [-0.25, -0.2) is 32.9 Å². The monoisotopic (exact) mass is 472 g/mol. The Hall–Kier alpha value is -3.86. The summed E-state index contributed by atoms with van der Waals surface area (Å²) in [4.78, 5) is 20.8. The van der Waals surface area contributed by atoms with Crippen molar-refractivity contribution < 1.29 is 13.6 Å². The fourth-order valence-electron chi connectivity index (χ4n) is 3.10. The van der Waals surface area contributed by atoms with Crippen molar-refractivity contribution in [2.45, 2.75) is 26.6 Å². The number of benzene rings is 2. The summed E-state index contributed by atoms with van der Waals surface area (Å²) in [6.45, 7) is 2.26. The number of amides is 2. The van der Waals surface area contributed by atoms with E-state index in [1.807, 2.05) is 0 Å². The van der Waals surface area contributed by atoms with Crippen LogP contribution in [0.2, 0.25) is 5.02 Å². The Balaban J connectivity index is 1.35. The summed E-state index contributed by atoms with van der Waals surface area (Å²) in [5.74, 6) is 0.525. The Morgan fingerprint density at radius 3 is 2.52 bits per heavy atom. The van der Waals surface area contributed by atoms with E-state index in [-0.39, 0.29) is 23.9 Å². The van der Waals surface area contributed by atoms with E-state index in [0.717, 1.165) is 5.56 Å². The van der Waals surface area contributed by atoms with E-state index in [4.69, 9.17) is 11.6 Å². The second-order valence-corrected chi connectivity index (χ2v) is 7.49. The predicted octanol–water partition coefficient (Wildman–Crippen LogP) is 3.15. The van der Waals surface area contributed by atoms with Crippen molar-refractivity contribution in [2.75, 3.05) is 0 Å². The lowest BCUT2D eigenvalue weighted by Crippen LogP contribution is -2.36. The van der Waals surface area contributed by atoms with Crippen molar-refractivity contribution in [3.05, 3.63) is 88.5 Å². The van der Waals surface area contributed by atoms with E-state index in [2.05, 4.69) is 30.8 Å². The lowest BCUT2D eigenvalue weighted by atomic mass is 10.2. The second kappa shape index (κ2) is 9.74. The van der Waals surface area contributed by atoms with Gasteiger partial charge in [0.25, 0.3) is 0 Å². The molecular weight excluding hydrogens is 454 g/mol. The maximum atomic E-state index is 13.8. The lowest BCUT2D eigenvalue weighted by Gasteiger charge is -2.10. The van der Waals surface area contributed by atoms with Crippen molar-refractivity contribution >= 4 is 17.6 Å². The Labute approximate surface area is 192 Å². The van der Waals surface area contributed by atoms with Crippen molar-refractivity contribution in [3.8, 4) is 5.69 Å². The summed E-state index contributed by atoms with van der Waals surface area (Å²) in [6, 6.07) is 9.88. The van der Waals surface area contributed by atoms with Crippen molar-refractivity contribution in [1.29, 1.82) is 0 Å². The average molecular weight is 473 g/mol. The minimum Gasteiger partial charge on any atom is -0.331 e. The molecule has 33 heavy (non-hydrogen) atoms. The molecule has 0 aliphatic heterocycles. The highest BCUT2D eigenvalue weighted by Crippen LogP contribution is 2.19. The molecule has 2 aromatic heterocycles. The first-order valence-corrected chi connectivity index (χ1v) is 10.3. The molecule has 2 aromatic carbocycles. The van der Waals surface area contributed by atoms with Crippen LogP contribution in [-0.2, 0) is 19.6 Å². The van der Waals surface area contributed by atoms with Gasteiger partial charge in [0.1, 0.15) is 29.6 Å². The van der Waals surface area contributed by atoms with Crippen LogP contribution in [0.25, 0.3) is 5.69 Å². The van der Waals surface area contributed by atoms with Crippen molar-refractivity contribution in [3.63, 3.8) is 0 Å². The molecule has 0 saturated heterocycles. The number of halogens is 3. The van der Waals surface area contributed by atoms with Gasteiger partial charge in [0.15, 0.2) is 5.82 Å². The minimum absolute atomic E-state index is 0.00178. The van der Waals surface area contributed by atoms with E-state index in [1.54, 1.807) is 29.8 Å². The summed E-state index contributed by atoms with van der Waals surface area (Å²) in [6.07, 6.45) is 1.38. The van der Waals surface area contributed by atoms with Gasteiger partial charge < -0.3 is 10.6 Å². The molecule has 0 saturated carbocycles. The Morgan fingerprint density at radius 2 is 1.79 bits per heavy atom. The van der Waals surface area contributed by atoms with Crippen LogP contribution in [0, 0.1) is 18.6 Å². The first kappa shape index (κ1) is 22.3. The topological polar surface area (TPSA) is 103 Å². The summed E-state index contributed by atoms with van der Waals surface area (Å²) in [5, 5.41) is 13.8. The molecule has 4 rings (SSSR count). The smallest absolute Gasteiger partial charge is 0.315 e. The van der Waals surface area contributed by atoms with Gasteiger partial charge in [0, 0.05) is 6.07 Å². The zero-order chi connectivity index (χ0) is 23.4. The highest BCUT2D eigenvalue weighted by atomic mass is 35.5. The van der Waals surface area contributed by atoms with Gasteiger partial charge in [-0.3, -0.25) is 0 Å². The summed E-state index contributed by atoms with van der Waals surface area (Å²) >= 11 is 5.74. The van der Waals surface area contributed by atoms with Crippen molar-refractivity contribution in [2.24, 2.45) is 0 Å².